The van der Waals surface area contributed by atoms with Crippen LogP contribution < -0.4 is 5.32 Å². The number of thiophene rings is 1. The van der Waals surface area contributed by atoms with E-state index in [0.717, 1.165) is 40.6 Å². The first kappa shape index (κ1) is 12.6. The number of hydrogen-bond acceptors (Lipinski definition) is 5. The number of aryl methyl sites for hydroxylation is 1. The molecule has 2 aliphatic heterocycles. The smallest absolute Gasteiger partial charge is 0.236 e. The fourth-order valence-corrected chi connectivity index (χ4v) is 4.02. The number of fused-ring (bicyclic) bond motifs is 1. The molecule has 0 aromatic carbocycles. The number of likely N-dealkylation sites (tertiary alicyclic amines) is 1. The fraction of sp³-hybridized carbons (Fsp3) is 0.533. The highest BCUT2D eigenvalue weighted by atomic mass is 32.1. The second-order valence-electron chi connectivity index (χ2n) is 5.87. The summed E-state index contributed by atoms with van der Waals surface area (Å²) in [6.45, 7) is 7.70. The molecule has 2 aromatic heterocycles. The van der Waals surface area contributed by atoms with Crippen molar-refractivity contribution in [2.75, 3.05) is 26.2 Å². The molecule has 0 amide bonds. The van der Waals surface area contributed by atoms with E-state index in [1.165, 1.54) is 26.2 Å². The summed E-state index contributed by atoms with van der Waals surface area (Å²) < 4.78 is 5.82. The molecule has 4 heterocycles. The third-order valence-electron chi connectivity index (χ3n) is 4.46. The van der Waals surface area contributed by atoms with E-state index in [1.54, 1.807) is 11.3 Å². The zero-order chi connectivity index (χ0) is 13.5. The molecule has 4 rings (SSSR count). The second-order valence-corrected chi connectivity index (χ2v) is 6.82. The van der Waals surface area contributed by atoms with Crippen LogP contribution in [-0.4, -0.2) is 36.1 Å². The summed E-state index contributed by atoms with van der Waals surface area (Å²) in [4.78, 5) is 8.34. The average Bonchev–Trinajstić information content (AvgIpc) is 3.14. The Balaban J connectivity index is 1.49. The van der Waals surface area contributed by atoms with Gasteiger partial charge in [-0.1, -0.05) is 6.07 Å². The van der Waals surface area contributed by atoms with Gasteiger partial charge in [-0.25, -0.2) is 4.98 Å². The first-order valence-corrected chi connectivity index (χ1v) is 8.11. The third kappa shape index (κ3) is 2.20. The second kappa shape index (κ2) is 4.98. The summed E-state index contributed by atoms with van der Waals surface area (Å²) >= 11 is 1.68. The number of aromatic nitrogens is 1. The van der Waals surface area contributed by atoms with Gasteiger partial charge < -0.3 is 9.73 Å². The van der Waals surface area contributed by atoms with Crippen LogP contribution in [0.25, 0.3) is 10.8 Å². The quantitative estimate of drug-likeness (QED) is 0.942. The monoisotopic (exact) mass is 289 g/mol. The molecule has 0 bridgehead atoms. The van der Waals surface area contributed by atoms with Gasteiger partial charge in [0.05, 0.1) is 10.6 Å². The lowest BCUT2D eigenvalue weighted by Crippen LogP contribution is -2.25. The van der Waals surface area contributed by atoms with Crippen LogP contribution in [0.1, 0.15) is 11.5 Å². The van der Waals surface area contributed by atoms with E-state index in [1.807, 2.05) is 13.0 Å². The van der Waals surface area contributed by atoms with Crippen LogP contribution >= 0.6 is 11.3 Å². The van der Waals surface area contributed by atoms with Crippen molar-refractivity contribution in [3.63, 3.8) is 0 Å². The van der Waals surface area contributed by atoms with Crippen molar-refractivity contribution in [2.45, 2.75) is 13.5 Å². The Labute approximate surface area is 122 Å². The minimum atomic E-state index is 0.772. The maximum Gasteiger partial charge on any atom is 0.236 e. The van der Waals surface area contributed by atoms with Gasteiger partial charge in [0, 0.05) is 19.6 Å². The summed E-state index contributed by atoms with van der Waals surface area (Å²) in [5.41, 5.74) is 1.10. The van der Waals surface area contributed by atoms with Crippen LogP contribution in [0.5, 0.6) is 0 Å². The number of nitrogens with zero attached hydrogens (tertiary/aromatic N) is 2. The van der Waals surface area contributed by atoms with Gasteiger partial charge in [0.1, 0.15) is 5.76 Å². The van der Waals surface area contributed by atoms with Crippen LogP contribution in [0.2, 0.25) is 0 Å². The van der Waals surface area contributed by atoms with Crippen LogP contribution in [0.15, 0.2) is 21.9 Å². The highest BCUT2D eigenvalue weighted by molar-refractivity contribution is 7.13. The lowest BCUT2D eigenvalue weighted by atomic mass is 10.0. The third-order valence-corrected chi connectivity index (χ3v) is 5.32. The molecule has 0 radical (unpaired) electrons. The van der Waals surface area contributed by atoms with Crippen molar-refractivity contribution in [1.29, 1.82) is 0 Å². The standard InChI is InChI=1S/C15H19N3OS/c1-10-13(17-15(19-10)14-3-2-4-20-14)9-18-7-11-5-16-6-12(11)8-18/h2-4,11-12,16H,5-9H2,1H3/t11-,12+. The van der Waals surface area contributed by atoms with Crippen LogP contribution in [0.4, 0.5) is 0 Å². The van der Waals surface area contributed by atoms with E-state index < -0.39 is 0 Å². The zero-order valence-corrected chi connectivity index (χ0v) is 12.4. The molecule has 20 heavy (non-hydrogen) atoms. The van der Waals surface area contributed by atoms with Gasteiger partial charge in [-0.05, 0) is 43.3 Å². The van der Waals surface area contributed by atoms with Crippen molar-refractivity contribution in [2.24, 2.45) is 11.8 Å². The van der Waals surface area contributed by atoms with Crippen molar-refractivity contribution in [3.8, 4) is 10.8 Å². The van der Waals surface area contributed by atoms with Gasteiger partial charge in [-0.3, -0.25) is 4.90 Å². The predicted octanol–water partition coefficient (Wildman–Crippen LogP) is 2.36. The topological polar surface area (TPSA) is 41.3 Å². The number of nitrogens with one attached hydrogen (secondary N) is 1. The summed E-state index contributed by atoms with van der Waals surface area (Å²) in [7, 11) is 0. The molecule has 1 N–H and O–H groups in total. The van der Waals surface area contributed by atoms with Gasteiger partial charge in [0.2, 0.25) is 5.89 Å². The largest absolute Gasteiger partial charge is 0.440 e. The van der Waals surface area contributed by atoms with Gasteiger partial charge in [0.25, 0.3) is 0 Å². The van der Waals surface area contributed by atoms with Gasteiger partial charge in [-0.15, -0.1) is 11.3 Å². The Morgan fingerprint density at radius 3 is 2.90 bits per heavy atom. The van der Waals surface area contributed by atoms with E-state index in [0.29, 0.717) is 0 Å². The van der Waals surface area contributed by atoms with Crippen molar-refractivity contribution < 1.29 is 4.42 Å². The Bertz CT molecular complexity index is 580. The summed E-state index contributed by atoms with van der Waals surface area (Å²) in [6.07, 6.45) is 0. The minimum Gasteiger partial charge on any atom is -0.440 e. The molecule has 0 aliphatic carbocycles. The number of oxazole rings is 1. The lowest BCUT2D eigenvalue weighted by molar-refractivity contribution is 0.300. The molecule has 0 spiro atoms. The summed E-state index contributed by atoms with van der Waals surface area (Å²) in [5, 5.41) is 5.54. The van der Waals surface area contributed by atoms with E-state index in [2.05, 4.69) is 21.7 Å². The molecule has 106 valence electrons. The molecular weight excluding hydrogens is 270 g/mol. The molecule has 4 nitrogen and oxygen atoms in total. The fourth-order valence-electron chi connectivity index (χ4n) is 3.37. The van der Waals surface area contributed by atoms with E-state index in [-0.39, 0.29) is 0 Å². The average molecular weight is 289 g/mol. The van der Waals surface area contributed by atoms with Gasteiger partial charge >= 0.3 is 0 Å². The minimum absolute atomic E-state index is 0.772. The molecule has 2 saturated heterocycles. The summed E-state index contributed by atoms with van der Waals surface area (Å²) in [5.74, 6) is 3.40. The number of hydrogen-bond donors (Lipinski definition) is 1. The van der Waals surface area contributed by atoms with Crippen LogP contribution in [0, 0.1) is 18.8 Å². The molecule has 2 atom stereocenters. The number of rotatable bonds is 3. The first-order valence-electron chi connectivity index (χ1n) is 7.23. The van der Waals surface area contributed by atoms with Crippen molar-refractivity contribution in [1.82, 2.24) is 15.2 Å². The molecule has 2 fully saturated rings. The lowest BCUT2D eigenvalue weighted by Gasteiger charge is -2.15. The molecule has 5 heteroatoms. The zero-order valence-electron chi connectivity index (χ0n) is 11.6. The normalized spacial score (nSPS) is 26.2. The van der Waals surface area contributed by atoms with E-state index in [4.69, 9.17) is 9.40 Å². The first-order chi connectivity index (χ1) is 9.79. The predicted molar refractivity (Wildman–Crippen MR) is 79.7 cm³/mol. The maximum atomic E-state index is 5.82. The Kier molecular flexibility index (Phi) is 3.13. The Hall–Kier alpha value is -1.17. The Morgan fingerprint density at radius 2 is 2.20 bits per heavy atom. The highest BCUT2D eigenvalue weighted by Crippen LogP contribution is 2.30. The van der Waals surface area contributed by atoms with Crippen molar-refractivity contribution in [3.05, 3.63) is 29.0 Å². The highest BCUT2D eigenvalue weighted by Gasteiger charge is 2.36. The molecule has 2 aromatic rings. The molecule has 0 unspecified atom stereocenters. The van der Waals surface area contributed by atoms with E-state index >= 15 is 0 Å². The summed E-state index contributed by atoms with van der Waals surface area (Å²) in [6, 6.07) is 4.10. The molecular formula is C15H19N3OS. The van der Waals surface area contributed by atoms with Crippen LogP contribution in [0.3, 0.4) is 0 Å². The van der Waals surface area contributed by atoms with Gasteiger partial charge in [-0.2, -0.15) is 0 Å². The SMILES string of the molecule is Cc1oc(-c2cccs2)nc1CN1C[C@H]2CNC[C@H]2C1. The molecule has 2 aliphatic rings. The van der Waals surface area contributed by atoms with Crippen molar-refractivity contribution >= 4 is 11.3 Å². The van der Waals surface area contributed by atoms with E-state index in [9.17, 15) is 0 Å². The van der Waals surface area contributed by atoms with Gasteiger partial charge in [0.15, 0.2) is 0 Å². The van der Waals surface area contributed by atoms with Crippen LogP contribution in [-0.2, 0) is 6.54 Å². The molecule has 0 saturated carbocycles. The Morgan fingerprint density at radius 1 is 1.40 bits per heavy atom. The maximum absolute atomic E-state index is 5.82.